The van der Waals surface area contributed by atoms with Crippen LogP contribution in [0.4, 0.5) is 0 Å². The second-order valence-electron chi connectivity index (χ2n) is 5.16. The number of hydrogen-bond acceptors (Lipinski definition) is 1. The third-order valence-corrected chi connectivity index (χ3v) is 3.38. The highest BCUT2D eigenvalue weighted by Crippen LogP contribution is 2.20. The maximum atomic E-state index is 10.7. The Morgan fingerprint density at radius 2 is 1.47 bits per heavy atom. The van der Waals surface area contributed by atoms with E-state index in [4.69, 9.17) is 5.11 Å². The summed E-state index contributed by atoms with van der Waals surface area (Å²) in [4.78, 5) is 10.7. The lowest BCUT2D eigenvalue weighted by Crippen LogP contribution is -2.07. The van der Waals surface area contributed by atoms with E-state index in [1.807, 2.05) is 0 Å². The van der Waals surface area contributed by atoms with Crippen LogP contribution in [0.25, 0.3) is 0 Å². The van der Waals surface area contributed by atoms with Gasteiger partial charge < -0.3 is 5.11 Å². The van der Waals surface area contributed by atoms with Crippen LogP contribution in [-0.2, 0) is 4.79 Å². The van der Waals surface area contributed by atoms with Crippen LogP contribution in [0, 0.1) is 5.92 Å². The Labute approximate surface area is 107 Å². The van der Waals surface area contributed by atoms with E-state index in [9.17, 15) is 4.79 Å². The SMILES string of the molecule is CCCCCCCCCC(CCC)CC(=O)O. The first kappa shape index (κ1) is 16.5. The summed E-state index contributed by atoms with van der Waals surface area (Å²) in [6.45, 7) is 4.38. The van der Waals surface area contributed by atoms with Crippen molar-refractivity contribution in [3.63, 3.8) is 0 Å². The first-order valence-electron chi connectivity index (χ1n) is 7.42. The van der Waals surface area contributed by atoms with Crippen LogP contribution in [0.2, 0.25) is 0 Å². The molecule has 0 radical (unpaired) electrons. The molecule has 1 unspecified atom stereocenters. The van der Waals surface area contributed by atoms with Crippen LogP contribution in [0.1, 0.15) is 84.5 Å². The molecule has 0 aliphatic carbocycles. The van der Waals surface area contributed by atoms with E-state index in [2.05, 4.69) is 13.8 Å². The summed E-state index contributed by atoms with van der Waals surface area (Å²) in [7, 11) is 0. The highest BCUT2D eigenvalue weighted by atomic mass is 16.4. The molecule has 102 valence electrons. The molecule has 0 fully saturated rings. The first-order valence-corrected chi connectivity index (χ1v) is 7.42. The second kappa shape index (κ2) is 11.9. The quantitative estimate of drug-likeness (QED) is 0.488. The standard InChI is InChI=1S/C15H30O2/c1-3-5-6-7-8-9-10-12-14(11-4-2)13-15(16)17/h14H,3-13H2,1-2H3,(H,16,17). The molecule has 0 aromatic carbocycles. The van der Waals surface area contributed by atoms with Crippen LogP contribution in [0.3, 0.4) is 0 Å². The third-order valence-electron chi connectivity index (χ3n) is 3.38. The van der Waals surface area contributed by atoms with Crippen LogP contribution in [0.5, 0.6) is 0 Å². The summed E-state index contributed by atoms with van der Waals surface area (Å²) in [5.74, 6) is -0.223. The lowest BCUT2D eigenvalue weighted by Gasteiger charge is -2.13. The van der Waals surface area contributed by atoms with Crippen molar-refractivity contribution in [2.24, 2.45) is 5.92 Å². The third kappa shape index (κ3) is 11.7. The molecule has 0 bridgehead atoms. The van der Waals surface area contributed by atoms with Gasteiger partial charge in [-0.1, -0.05) is 71.6 Å². The van der Waals surface area contributed by atoms with Crippen LogP contribution < -0.4 is 0 Å². The van der Waals surface area contributed by atoms with Crippen LogP contribution in [-0.4, -0.2) is 11.1 Å². The zero-order valence-electron chi connectivity index (χ0n) is 11.7. The minimum Gasteiger partial charge on any atom is -0.481 e. The number of carbonyl (C=O) groups is 1. The van der Waals surface area contributed by atoms with E-state index in [1.165, 1.54) is 44.9 Å². The molecule has 0 spiro atoms. The Bertz CT molecular complexity index is 178. The second-order valence-corrected chi connectivity index (χ2v) is 5.16. The highest BCUT2D eigenvalue weighted by molar-refractivity contribution is 5.66. The van der Waals surface area contributed by atoms with E-state index in [0.29, 0.717) is 12.3 Å². The summed E-state index contributed by atoms with van der Waals surface area (Å²) in [6, 6.07) is 0. The normalized spacial score (nSPS) is 12.6. The molecule has 1 atom stereocenters. The van der Waals surface area contributed by atoms with Crippen LogP contribution in [0.15, 0.2) is 0 Å². The lowest BCUT2D eigenvalue weighted by atomic mass is 9.93. The Balaban J connectivity index is 3.43. The van der Waals surface area contributed by atoms with E-state index in [-0.39, 0.29) is 0 Å². The van der Waals surface area contributed by atoms with Crippen molar-refractivity contribution in [3.05, 3.63) is 0 Å². The van der Waals surface area contributed by atoms with Gasteiger partial charge in [0.15, 0.2) is 0 Å². The molecule has 0 amide bonds. The highest BCUT2D eigenvalue weighted by Gasteiger charge is 2.11. The van der Waals surface area contributed by atoms with Gasteiger partial charge in [-0.25, -0.2) is 0 Å². The predicted molar refractivity (Wildman–Crippen MR) is 73.3 cm³/mol. The number of carboxylic acid groups (broad SMARTS) is 1. The fourth-order valence-electron chi connectivity index (χ4n) is 2.39. The largest absolute Gasteiger partial charge is 0.481 e. The number of hydrogen-bond donors (Lipinski definition) is 1. The Hall–Kier alpha value is -0.530. The van der Waals surface area contributed by atoms with E-state index < -0.39 is 5.97 Å². The first-order chi connectivity index (χ1) is 8.20. The molecule has 0 heterocycles. The molecule has 0 aromatic rings. The van der Waals surface area contributed by atoms with Gasteiger partial charge in [0.05, 0.1) is 0 Å². The molecule has 17 heavy (non-hydrogen) atoms. The lowest BCUT2D eigenvalue weighted by molar-refractivity contribution is -0.138. The molecule has 0 rings (SSSR count). The van der Waals surface area contributed by atoms with E-state index >= 15 is 0 Å². The van der Waals surface area contributed by atoms with Gasteiger partial charge in [0.2, 0.25) is 0 Å². The fourth-order valence-corrected chi connectivity index (χ4v) is 2.39. The monoisotopic (exact) mass is 242 g/mol. The van der Waals surface area contributed by atoms with Crippen LogP contribution >= 0.6 is 0 Å². The van der Waals surface area contributed by atoms with E-state index in [1.54, 1.807) is 0 Å². The van der Waals surface area contributed by atoms with Crippen molar-refractivity contribution in [2.45, 2.75) is 84.5 Å². The molecule has 1 N–H and O–H groups in total. The van der Waals surface area contributed by atoms with Gasteiger partial charge in [-0.05, 0) is 12.3 Å². The average molecular weight is 242 g/mol. The topological polar surface area (TPSA) is 37.3 Å². The average Bonchev–Trinajstić information content (AvgIpc) is 2.27. The number of carboxylic acids is 1. The van der Waals surface area contributed by atoms with Gasteiger partial charge >= 0.3 is 5.97 Å². The van der Waals surface area contributed by atoms with Gasteiger partial charge in [0.25, 0.3) is 0 Å². The molecule has 0 saturated carbocycles. The van der Waals surface area contributed by atoms with Crippen molar-refractivity contribution < 1.29 is 9.90 Å². The molecule has 0 aliphatic heterocycles. The van der Waals surface area contributed by atoms with Gasteiger partial charge in [-0.15, -0.1) is 0 Å². The molecule has 0 saturated heterocycles. The fraction of sp³-hybridized carbons (Fsp3) is 0.933. The van der Waals surface area contributed by atoms with E-state index in [0.717, 1.165) is 19.3 Å². The molecule has 0 aromatic heterocycles. The summed E-state index contributed by atoms with van der Waals surface area (Å²) >= 11 is 0. The maximum Gasteiger partial charge on any atom is 0.303 e. The Morgan fingerprint density at radius 3 is 2.00 bits per heavy atom. The Kier molecular flexibility index (Phi) is 11.6. The number of unbranched alkanes of at least 4 members (excludes halogenated alkanes) is 6. The zero-order valence-corrected chi connectivity index (χ0v) is 11.7. The summed E-state index contributed by atoms with van der Waals surface area (Å²) in [6.07, 6.45) is 12.8. The summed E-state index contributed by atoms with van der Waals surface area (Å²) < 4.78 is 0. The number of aliphatic carboxylic acids is 1. The molecule has 2 heteroatoms. The van der Waals surface area contributed by atoms with Crippen molar-refractivity contribution in [3.8, 4) is 0 Å². The smallest absolute Gasteiger partial charge is 0.303 e. The summed E-state index contributed by atoms with van der Waals surface area (Å²) in [5, 5.41) is 8.81. The minimum absolute atomic E-state index is 0.365. The maximum absolute atomic E-state index is 10.7. The van der Waals surface area contributed by atoms with Gasteiger partial charge in [-0.3, -0.25) is 4.79 Å². The molecular formula is C15H30O2. The predicted octanol–water partition coefficient (Wildman–Crippen LogP) is 5.02. The van der Waals surface area contributed by atoms with Crippen molar-refractivity contribution in [2.75, 3.05) is 0 Å². The molecule has 2 nitrogen and oxygen atoms in total. The van der Waals surface area contributed by atoms with Crippen molar-refractivity contribution in [1.29, 1.82) is 0 Å². The number of rotatable bonds is 12. The molecule has 0 aliphatic rings. The summed E-state index contributed by atoms with van der Waals surface area (Å²) in [5.41, 5.74) is 0. The zero-order chi connectivity index (χ0) is 12.9. The van der Waals surface area contributed by atoms with Gasteiger partial charge in [0, 0.05) is 6.42 Å². The van der Waals surface area contributed by atoms with Crippen molar-refractivity contribution in [1.82, 2.24) is 0 Å². The molecular weight excluding hydrogens is 212 g/mol. The van der Waals surface area contributed by atoms with Gasteiger partial charge in [0.1, 0.15) is 0 Å². The minimum atomic E-state index is -0.633. The Morgan fingerprint density at radius 1 is 0.882 bits per heavy atom. The van der Waals surface area contributed by atoms with Crippen molar-refractivity contribution >= 4 is 5.97 Å². The van der Waals surface area contributed by atoms with Gasteiger partial charge in [-0.2, -0.15) is 0 Å².